The summed E-state index contributed by atoms with van der Waals surface area (Å²) in [4.78, 5) is 12.3. The minimum Gasteiger partial charge on any atom is -0.497 e. The summed E-state index contributed by atoms with van der Waals surface area (Å²) in [5, 5.41) is 13.2. The number of ether oxygens (including phenoxy) is 1. The van der Waals surface area contributed by atoms with E-state index < -0.39 is 6.10 Å². The molecule has 21 heavy (non-hydrogen) atoms. The number of rotatable bonds is 5. The minimum absolute atomic E-state index is 0.0904. The number of furan rings is 1. The Morgan fingerprint density at radius 3 is 2.76 bits per heavy atom. The van der Waals surface area contributed by atoms with Crippen LogP contribution in [0, 0.1) is 12.8 Å². The van der Waals surface area contributed by atoms with Crippen molar-refractivity contribution in [2.75, 3.05) is 13.7 Å². The highest BCUT2D eigenvalue weighted by Gasteiger charge is 2.20. The highest BCUT2D eigenvalue weighted by atomic mass is 16.5. The normalized spacial score (nSPS) is 12.7. The van der Waals surface area contributed by atoms with E-state index in [1.165, 1.54) is 0 Å². The third-order valence-electron chi connectivity index (χ3n) is 3.54. The average Bonchev–Trinajstić information content (AvgIpc) is 2.78. The lowest BCUT2D eigenvalue weighted by Gasteiger charge is -2.14. The fourth-order valence-corrected chi connectivity index (χ4v) is 2.13. The Morgan fingerprint density at radius 1 is 1.43 bits per heavy atom. The van der Waals surface area contributed by atoms with E-state index in [2.05, 4.69) is 5.32 Å². The third kappa shape index (κ3) is 3.19. The van der Waals surface area contributed by atoms with E-state index in [-0.39, 0.29) is 18.4 Å². The molecule has 0 saturated carbocycles. The lowest BCUT2D eigenvalue weighted by atomic mass is 10.1. The Morgan fingerprint density at radius 2 is 2.14 bits per heavy atom. The molecule has 5 heteroatoms. The molecule has 1 aromatic heterocycles. The largest absolute Gasteiger partial charge is 0.497 e. The number of carbonyl (C=O) groups excluding carboxylic acids is 1. The number of aliphatic hydroxyl groups is 1. The van der Waals surface area contributed by atoms with Crippen LogP contribution in [0.5, 0.6) is 5.75 Å². The summed E-state index contributed by atoms with van der Waals surface area (Å²) in [5.74, 6) is 1.06. The zero-order valence-corrected chi connectivity index (χ0v) is 12.8. The molecule has 1 amide bonds. The van der Waals surface area contributed by atoms with Gasteiger partial charge in [0.05, 0.1) is 18.8 Å². The van der Waals surface area contributed by atoms with Crippen LogP contribution in [-0.4, -0.2) is 30.8 Å². The van der Waals surface area contributed by atoms with Crippen LogP contribution in [0.4, 0.5) is 0 Å². The monoisotopic (exact) mass is 291 g/mol. The van der Waals surface area contributed by atoms with Gasteiger partial charge in [-0.25, -0.2) is 0 Å². The summed E-state index contributed by atoms with van der Waals surface area (Å²) < 4.78 is 10.8. The van der Waals surface area contributed by atoms with Gasteiger partial charge in [-0.1, -0.05) is 13.8 Å². The molecule has 2 aromatic rings. The second-order valence-electron chi connectivity index (χ2n) is 5.42. The van der Waals surface area contributed by atoms with Gasteiger partial charge in [0.2, 0.25) is 0 Å². The third-order valence-corrected chi connectivity index (χ3v) is 3.54. The van der Waals surface area contributed by atoms with Gasteiger partial charge in [0.25, 0.3) is 5.91 Å². The van der Waals surface area contributed by atoms with Crippen molar-refractivity contribution in [2.45, 2.75) is 26.9 Å². The Balaban J connectivity index is 2.28. The average molecular weight is 291 g/mol. The molecular formula is C16H21NO4. The van der Waals surface area contributed by atoms with Gasteiger partial charge in [0.15, 0.2) is 0 Å². The van der Waals surface area contributed by atoms with E-state index in [0.717, 1.165) is 0 Å². The van der Waals surface area contributed by atoms with Crippen molar-refractivity contribution in [3.05, 3.63) is 29.5 Å². The van der Waals surface area contributed by atoms with Crippen LogP contribution >= 0.6 is 0 Å². The molecule has 0 aliphatic carbocycles. The van der Waals surface area contributed by atoms with Gasteiger partial charge in [-0.05, 0) is 31.0 Å². The van der Waals surface area contributed by atoms with Crippen LogP contribution in [0.1, 0.15) is 30.0 Å². The molecule has 1 atom stereocenters. The molecule has 0 aliphatic rings. The molecule has 1 aromatic carbocycles. The maximum atomic E-state index is 12.3. The Hall–Kier alpha value is -2.01. The van der Waals surface area contributed by atoms with Crippen molar-refractivity contribution < 1.29 is 19.1 Å². The van der Waals surface area contributed by atoms with Crippen molar-refractivity contribution in [1.82, 2.24) is 5.32 Å². The van der Waals surface area contributed by atoms with Gasteiger partial charge in [-0.15, -0.1) is 0 Å². The summed E-state index contributed by atoms with van der Waals surface area (Å²) in [6.07, 6.45) is -0.568. The molecular weight excluding hydrogens is 270 g/mol. The number of aliphatic hydroxyl groups excluding tert-OH is 1. The molecule has 0 aliphatic heterocycles. The van der Waals surface area contributed by atoms with Crippen LogP contribution in [-0.2, 0) is 0 Å². The Bertz CT molecular complexity index is 645. The first-order valence-electron chi connectivity index (χ1n) is 6.97. The Labute approximate surface area is 123 Å². The first-order chi connectivity index (χ1) is 9.93. The summed E-state index contributed by atoms with van der Waals surface area (Å²) in [5.41, 5.74) is 1.13. The predicted octanol–water partition coefficient (Wildman–Crippen LogP) is 2.50. The zero-order chi connectivity index (χ0) is 15.6. The molecule has 2 rings (SSSR count). The van der Waals surface area contributed by atoms with Gasteiger partial charge < -0.3 is 19.6 Å². The molecule has 5 nitrogen and oxygen atoms in total. The van der Waals surface area contributed by atoms with E-state index in [9.17, 15) is 9.90 Å². The summed E-state index contributed by atoms with van der Waals surface area (Å²) in [6, 6.07) is 5.34. The summed E-state index contributed by atoms with van der Waals surface area (Å²) in [6.45, 7) is 5.77. The van der Waals surface area contributed by atoms with E-state index in [1.807, 2.05) is 13.8 Å². The second kappa shape index (κ2) is 6.18. The van der Waals surface area contributed by atoms with Crippen LogP contribution in [0.2, 0.25) is 0 Å². The minimum atomic E-state index is -0.568. The number of hydrogen-bond acceptors (Lipinski definition) is 4. The SMILES string of the molecule is COc1ccc2oc(C)c(C(=O)NCC(O)C(C)C)c2c1. The summed E-state index contributed by atoms with van der Waals surface area (Å²) >= 11 is 0. The lowest BCUT2D eigenvalue weighted by Crippen LogP contribution is -2.34. The number of aryl methyl sites for hydroxylation is 1. The predicted molar refractivity (Wildman–Crippen MR) is 80.7 cm³/mol. The number of hydrogen-bond donors (Lipinski definition) is 2. The first-order valence-corrected chi connectivity index (χ1v) is 6.97. The fourth-order valence-electron chi connectivity index (χ4n) is 2.13. The first kappa shape index (κ1) is 15.4. The molecule has 114 valence electrons. The van der Waals surface area contributed by atoms with Crippen molar-refractivity contribution in [2.24, 2.45) is 5.92 Å². The topological polar surface area (TPSA) is 71.7 Å². The lowest BCUT2D eigenvalue weighted by molar-refractivity contribution is 0.0871. The number of amides is 1. The van der Waals surface area contributed by atoms with E-state index in [4.69, 9.17) is 9.15 Å². The summed E-state index contributed by atoms with van der Waals surface area (Å²) in [7, 11) is 1.58. The fraction of sp³-hybridized carbons (Fsp3) is 0.438. The number of carbonyl (C=O) groups is 1. The van der Waals surface area contributed by atoms with Gasteiger partial charge >= 0.3 is 0 Å². The molecule has 2 N–H and O–H groups in total. The molecule has 0 fully saturated rings. The smallest absolute Gasteiger partial charge is 0.255 e. The maximum absolute atomic E-state index is 12.3. The van der Waals surface area contributed by atoms with Gasteiger partial charge in [0, 0.05) is 11.9 Å². The van der Waals surface area contributed by atoms with Crippen LogP contribution < -0.4 is 10.1 Å². The number of methoxy groups -OCH3 is 1. The van der Waals surface area contributed by atoms with Crippen molar-refractivity contribution >= 4 is 16.9 Å². The zero-order valence-electron chi connectivity index (χ0n) is 12.8. The number of nitrogens with one attached hydrogen (secondary N) is 1. The Kier molecular flexibility index (Phi) is 4.53. The highest BCUT2D eigenvalue weighted by Crippen LogP contribution is 2.28. The molecule has 0 spiro atoms. The van der Waals surface area contributed by atoms with Crippen molar-refractivity contribution in [1.29, 1.82) is 0 Å². The van der Waals surface area contributed by atoms with Crippen molar-refractivity contribution in [3.8, 4) is 5.75 Å². The van der Waals surface area contributed by atoms with E-state index in [1.54, 1.807) is 32.2 Å². The van der Waals surface area contributed by atoms with Gasteiger partial charge in [-0.3, -0.25) is 4.79 Å². The molecule has 0 radical (unpaired) electrons. The van der Waals surface area contributed by atoms with E-state index >= 15 is 0 Å². The quantitative estimate of drug-likeness (QED) is 0.888. The van der Waals surface area contributed by atoms with Crippen LogP contribution in [0.15, 0.2) is 22.6 Å². The van der Waals surface area contributed by atoms with Crippen LogP contribution in [0.25, 0.3) is 11.0 Å². The highest BCUT2D eigenvalue weighted by molar-refractivity contribution is 6.07. The number of benzene rings is 1. The maximum Gasteiger partial charge on any atom is 0.255 e. The second-order valence-corrected chi connectivity index (χ2v) is 5.42. The molecule has 0 saturated heterocycles. The molecule has 1 heterocycles. The molecule has 0 bridgehead atoms. The standard InChI is InChI=1S/C16H21NO4/c1-9(2)13(18)8-17-16(19)15-10(3)21-14-6-5-11(20-4)7-12(14)15/h5-7,9,13,18H,8H2,1-4H3,(H,17,19). The van der Waals surface area contributed by atoms with E-state index in [0.29, 0.717) is 28.0 Å². The van der Waals surface area contributed by atoms with Crippen LogP contribution in [0.3, 0.4) is 0 Å². The number of fused-ring (bicyclic) bond motifs is 1. The van der Waals surface area contributed by atoms with Crippen molar-refractivity contribution in [3.63, 3.8) is 0 Å². The van der Waals surface area contributed by atoms with Gasteiger partial charge in [0.1, 0.15) is 17.1 Å². The van der Waals surface area contributed by atoms with Gasteiger partial charge in [-0.2, -0.15) is 0 Å². The molecule has 1 unspecified atom stereocenters.